The summed E-state index contributed by atoms with van der Waals surface area (Å²) in [6.45, 7) is 1.35. The Morgan fingerprint density at radius 1 is 1.28 bits per heavy atom. The quantitative estimate of drug-likeness (QED) is 0.854. The van der Waals surface area contributed by atoms with Gasteiger partial charge in [-0.25, -0.2) is 0 Å². The van der Waals surface area contributed by atoms with E-state index >= 15 is 0 Å². The zero-order chi connectivity index (χ0) is 18.0. The highest BCUT2D eigenvalue weighted by Gasteiger charge is 2.39. The van der Waals surface area contributed by atoms with Gasteiger partial charge < -0.3 is 24.7 Å². The van der Waals surface area contributed by atoms with Gasteiger partial charge in [0.1, 0.15) is 11.4 Å². The SMILES string of the molecule is CNC(=O)[C@@H]1CN(C(=O)c2cc3cc(OC)ccc3[nH]2)C[C@H]1COC. The predicted molar refractivity (Wildman–Crippen MR) is 93.7 cm³/mol. The average molecular weight is 345 g/mol. The Morgan fingerprint density at radius 3 is 2.76 bits per heavy atom. The van der Waals surface area contributed by atoms with E-state index in [0.29, 0.717) is 25.4 Å². The van der Waals surface area contributed by atoms with Crippen molar-refractivity contribution in [2.45, 2.75) is 0 Å². The molecule has 1 aromatic carbocycles. The van der Waals surface area contributed by atoms with Crippen LogP contribution in [-0.4, -0.2) is 62.7 Å². The summed E-state index contributed by atoms with van der Waals surface area (Å²) in [5.74, 6) is 0.324. The summed E-state index contributed by atoms with van der Waals surface area (Å²) in [6.07, 6.45) is 0. The second-order valence-electron chi connectivity index (χ2n) is 6.28. The van der Waals surface area contributed by atoms with Crippen LogP contribution in [0.2, 0.25) is 0 Å². The van der Waals surface area contributed by atoms with Crippen molar-refractivity contribution in [1.29, 1.82) is 0 Å². The molecule has 0 aliphatic carbocycles. The predicted octanol–water partition coefficient (Wildman–Crippen LogP) is 1.26. The third-order valence-corrected chi connectivity index (χ3v) is 4.75. The molecule has 25 heavy (non-hydrogen) atoms. The van der Waals surface area contributed by atoms with E-state index in [1.807, 2.05) is 24.3 Å². The zero-order valence-corrected chi connectivity index (χ0v) is 14.7. The number of likely N-dealkylation sites (tertiary alicyclic amines) is 1. The lowest BCUT2D eigenvalue weighted by Crippen LogP contribution is -2.34. The zero-order valence-electron chi connectivity index (χ0n) is 14.7. The number of nitrogens with zero attached hydrogens (tertiary/aromatic N) is 1. The lowest BCUT2D eigenvalue weighted by atomic mass is 9.96. The van der Waals surface area contributed by atoms with E-state index in [4.69, 9.17) is 9.47 Å². The van der Waals surface area contributed by atoms with Gasteiger partial charge in [0.2, 0.25) is 5.91 Å². The lowest BCUT2D eigenvalue weighted by Gasteiger charge is -2.15. The topological polar surface area (TPSA) is 83.7 Å². The van der Waals surface area contributed by atoms with Gasteiger partial charge in [0.15, 0.2) is 0 Å². The number of hydrogen-bond donors (Lipinski definition) is 2. The summed E-state index contributed by atoms with van der Waals surface area (Å²) in [7, 11) is 4.83. The third-order valence-electron chi connectivity index (χ3n) is 4.75. The van der Waals surface area contributed by atoms with Crippen molar-refractivity contribution < 1.29 is 19.1 Å². The molecule has 1 saturated heterocycles. The largest absolute Gasteiger partial charge is 0.497 e. The fourth-order valence-corrected chi connectivity index (χ4v) is 3.43. The van der Waals surface area contributed by atoms with Crippen LogP contribution in [0.4, 0.5) is 0 Å². The summed E-state index contributed by atoms with van der Waals surface area (Å²) in [5.41, 5.74) is 1.39. The number of aromatic nitrogens is 1. The van der Waals surface area contributed by atoms with Crippen LogP contribution in [-0.2, 0) is 9.53 Å². The molecule has 1 aromatic heterocycles. The van der Waals surface area contributed by atoms with Gasteiger partial charge in [0.25, 0.3) is 5.91 Å². The van der Waals surface area contributed by atoms with E-state index in [9.17, 15) is 9.59 Å². The highest BCUT2D eigenvalue weighted by atomic mass is 16.5. The molecule has 1 aliphatic heterocycles. The smallest absolute Gasteiger partial charge is 0.270 e. The second kappa shape index (κ2) is 7.14. The highest BCUT2D eigenvalue weighted by molar-refractivity contribution is 5.98. The molecule has 0 unspecified atom stereocenters. The molecule has 7 nitrogen and oxygen atoms in total. The van der Waals surface area contributed by atoms with Crippen molar-refractivity contribution in [3.05, 3.63) is 30.0 Å². The van der Waals surface area contributed by atoms with Crippen LogP contribution >= 0.6 is 0 Å². The van der Waals surface area contributed by atoms with Crippen LogP contribution in [0.1, 0.15) is 10.5 Å². The first-order valence-electron chi connectivity index (χ1n) is 8.24. The van der Waals surface area contributed by atoms with Gasteiger partial charge in [-0.2, -0.15) is 0 Å². The standard InChI is InChI=1S/C18H23N3O4/c1-19-17(22)14-9-21(8-12(14)10-24-2)18(23)16-7-11-6-13(25-3)4-5-15(11)20-16/h4-7,12,14,20H,8-10H2,1-3H3,(H,19,22)/t12-,14+/m0/s1. The molecule has 134 valence electrons. The molecule has 0 spiro atoms. The Labute approximate surface area is 146 Å². The van der Waals surface area contributed by atoms with Crippen molar-refractivity contribution in [3.63, 3.8) is 0 Å². The van der Waals surface area contributed by atoms with Crippen molar-refractivity contribution in [3.8, 4) is 5.75 Å². The van der Waals surface area contributed by atoms with Crippen molar-refractivity contribution in [2.75, 3.05) is 41.0 Å². The molecule has 0 saturated carbocycles. The Balaban J connectivity index is 1.81. The lowest BCUT2D eigenvalue weighted by molar-refractivity contribution is -0.125. The van der Waals surface area contributed by atoms with Crippen LogP contribution in [0.5, 0.6) is 5.75 Å². The maximum Gasteiger partial charge on any atom is 0.270 e. The first-order chi connectivity index (χ1) is 12.1. The molecule has 3 rings (SSSR count). The number of H-pyrrole nitrogens is 1. The Hall–Kier alpha value is -2.54. The van der Waals surface area contributed by atoms with Crippen LogP contribution < -0.4 is 10.1 Å². The maximum atomic E-state index is 12.9. The number of carbonyl (C=O) groups is 2. The van der Waals surface area contributed by atoms with Crippen LogP contribution in [0.25, 0.3) is 10.9 Å². The number of methoxy groups -OCH3 is 2. The number of amides is 2. The van der Waals surface area contributed by atoms with Gasteiger partial charge in [0.05, 0.1) is 19.6 Å². The first kappa shape index (κ1) is 17.3. The second-order valence-corrected chi connectivity index (χ2v) is 6.28. The number of benzene rings is 1. The van der Waals surface area contributed by atoms with Crippen molar-refractivity contribution in [1.82, 2.24) is 15.2 Å². The Bertz CT molecular complexity index is 786. The number of ether oxygens (including phenoxy) is 2. The summed E-state index contributed by atoms with van der Waals surface area (Å²) < 4.78 is 10.4. The Morgan fingerprint density at radius 2 is 2.08 bits per heavy atom. The van der Waals surface area contributed by atoms with Crippen LogP contribution in [0.3, 0.4) is 0 Å². The number of aromatic amines is 1. The molecule has 2 aromatic rings. The number of fused-ring (bicyclic) bond motifs is 1. The van der Waals surface area contributed by atoms with E-state index in [2.05, 4.69) is 10.3 Å². The minimum absolute atomic E-state index is 0.00151. The average Bonchev–Trinajstić information content (AvgIpc) is 3.24. The fourth-order valence-electron chi connectivity index (χ4n) is 3.43. The Kier molecular flexibility index (Phi) is 4.94. The van der Waals surface area contributed by atoms with Crippen molar-refractivity contribution in [2.24, 2.45) is 11.8 Å². The van der Waals surface area contributed by atoms with Gasteiger partial charge in [-0.3, -0.25) is 9.59 Å². The van der Waals surface area contributed by atoms with Gasteiger partial charge >= 0.3 is 0 Å². The van der Waals surface area contributed by atoms with Crippen LogP contribution in [0.15, 0.2) is 24.3 Å². The molecule has 2 N–H and O–H groups in total. The molecule has 2 amide bonds. The molecule has 0 bridgehead atoms. The molecule has 1 aliphatic rings. The fraction of sp³-hybridized carbons (Fsp3) is 0.444. The number of carbonyl (C=O) groups excluding carboxylic acids is 2. The molecule has 2 atom stereocenters. The monoisotopic (exact) mass is 345 g/mol. The highest BCUT2D eigenvalue weighted by Crippen LogP contribution is 2.27. The molecule has 2 heterocycles. The van der Waals surface area contributed by atoms with E-state index in [1.54, 1.807) is 26.2 Å². The van der Waals surface area contributed by atoms with E-state index in [1.165, 1.54) is 0 Å². The van der Waals surface area contributed by atoms with Gasteiger partial charge in [0, 0.05) is 44.1 Å². The van der Waals surface area contributed by atoms with Crippen molar-refractivity contribution >= 4 is 22.7 Å². The number of rotatable bonds is 5. The van der Waals surface area contributed by atoms with Gasteiger partial charge in [-0.05, 0) is 24.3 Å². The molecular weight excluding hydrogens is 322 g/mol. The van der Waals surface area contributed by atoms with Gasteiger partial charge in [-0.1, -0.05) is 0 Å². The van der Waals surface area contributed by atoms with Gasteiger partial charge in [-0.15, -0.1) is 0 Å². The molecule has 1 fully saturated rings. The third kappa shape index (κ3) is 3.32. The normalized spacial score (nSPS) is 20.0. The maximum absolute atomic E-state index is 12.9. The first-order valence-corrected chi connectivity index (χ1v) is 8.24. The van der Waals surface area contributed by atoms with Crippen LogP contribution in [0, 0.1) is 11.8 Å². The van der Waals surface area contributed by atoms with E-state index in [-0.39, 0.29) is 23.7 Å². The number of nitrogens with one attached hydrogen (secondary N) is 2. The van der Waals surface area contributed by atoms with E-state index < -0.39 is 0 Å². The minimum Gasteiger partial charge on any atom is -0.497 e. The summed E-state index contributed by atoms with van der Waals surface area (Å²) in [5, 5.41) is 3.59. The molecule has 0 radical (unpaired) electrons. The molecule has 7 heteroatoms. The summed E-state index contributed by atoms with van der Waals surface area (Å²) in [4.78, 5) is 29.8. The summed E-state index contributed by atoms with van der Waals surface area (Å²) in [6, 6.07) is 7.43. The minimum atomic E-state index is -0.252. The van der Waals surface area contributed by atoms with E-state index in [0.717, 1.165) is 16.7 Å². The summed E-state index contributed by atoms with van der Waals surface area (Å²) >= 11 is 0. The number of hydrogen-bond acceptors (Lipinski definition) is 4. The molecular formula is C18H23N3O4.